The first-order chi connectivity index (χ1) is 19.4. The van der Waals surface area contributed by atoms with Crippen molar-refractivity contribution in [1.82, 2.24) is 9.55 Å². The van der Waals surface area contributed by atoms with Crippen molar-refractivity contribution >= 4 is 61.5 Å². The Balaban J connectivity index is 0.000000726. The summed E-state index contributed by atoms with van der Waals surface area (Å²) < 4.78 is 5.70. The van der Waals surface area contributed by atoms with Gasteiger partial charge in [0.05, 0.1) is 24.0 Å². The Morgan fingerprint density at radius 3 is 2.24 bits per heavy atom. The Hall–Kier alpha value is -2.66. The minimum absolute atomic E-state index is 0. The summed E-state index contributed by atoms with van der Waals surface area (Å²) in [7, 11) is 0. The number of carbonyl (C=O) groups is 4. The molecule has 3 aromatic heterocycles. The molecule has 0 aromatic carbocycles. The molecule has 16 heteroatoms. The van der Waals surface area contributed by atoms with Crippen molar-refractivity contribution in [3.05, 3.63) is 48.3 Å². The Kier molecular flexibility index (Phi) is 19.0. The van der Waals surface area contributed by atoms with Gasteiger partial charge < -0.3 is 25.4 Å². The van der Waals surface area contributed by atoms with Gasteiger partial charge in [-0.15, -0.1) is 29.3 Å². The number of aliphatic hydroxyl groups is 1. The molecule has 3 heterocycles. The number of carbonyl (C=O) groups excluding carboxylic acids is 3. The van der Waals surface area contributed by atoms with Gasteiger partial charge in [-0.3, -0.25) is 33.5 Å². The van der Waals surface area contributed by atoms with Crippen molar-refractivity contribution < 1.29 is 68.8 Å². The number of hydrogen-bond donors (Lipinski definition) is 4. The van der Waals surface area contributed by atoms with E-state index in [1.807, 2.05) is 0 Å². The maximum atomic E-state index is 12.0. The van der Waals surface area contributed by atoms with Gasteiger partial charge in [0.25, 0.3) is 5.56 Å². The summed E-state index contributed by atoms with van der Waals surface area (Å²) >= 11 is 2.53. The van der Waals surface area contributed by atoms with Crippen LogP contribution in [0, 0.1) is 13.8 Å². The number of esters is 1. The van der Waals surface area contributed by atoms with Gasteiger partial charge in [-0.05, 0) is 49.1 Å². The largest absolute Gasteiger partial charge is 1.00 e. The number of carboxylic acids is 1. The number of thiophene rings is 2. The fourth-order valence-electron chi connectivity index (χ4n) is 3.38. The average Bonchev–Trinajstić information content (AvgIpc) is 3.45. The number of aliphatic hydroxyl groups excluding tert-OH is 1. The van der Waals surface area contributed by atoms with Crippen LogP contribution < -0.4 is 51.2 Å². The first-order valence-corrected chi connectivity index (χ1v) is 14.4. The number of amides is 1. The fourth-order valence-corrected chi connectivity index (χ4v) is 5.28. The van der Waals surface area contributed by atoms with Crippen LogP contribution in [0.25, 0.3) is 10.2 Å². The van der Waals surface area contributed by atoms with Crippen LogP contribution in [-0.4, -0.2) is 63.2 Å². The minimum Gasteiger partial charge on any atom is -0.855 e. The van der Waals surface area contributed by atoms with Crippen LogP contribution in [0.2, 0.25) is 0 Å². The van der Waals surface area contributed by atoms with Gasteiger partial charge in [0.1, 0.15) is 16.4 Å². The molecule has 0 atom stereocenters. The molecule has 0 aliphatic heterocycles. The predicted molar refractivity (Wildman–Crippen MR) is 154 cm³/mol. The fraction of sp³-hybridized carbons (Fsp3) is 0.462. The number of anilines is 1. The number of fused-ring (bicyclic) bond motifs is 1. The quantitative estimate of drug-likeness (QED) is 0.113. The molecule has 0 spiro atoms. The number of hydrogen-bond acceptors (Lipinski definition) is 11. The zero-order chi connectivity index (χ0) is 31.1. The van der Waals surface area contributed by atoms with Crippen molar-refractivity contribution in [3.63, 3.8) is 0 Å². The standard InChI is InChI=1S/C14H19NO5S.C10H10N2O4S.C2H5O.Na/c1-3-20-12(19)6-4-5-11(18)15-14-13(10(17)7-16)9(2)8-21-14;1-5-4-17-8-7(5)9(15)12(10(16)11-8)3-2-6(13)14;1-2-3;/h8,16H,3-7H2,1-2H3,(H,15,18);4H,2-3H2,1H3,(H,11,16)(H,13,14);2H2,1H3;/q;;-1;+1. The smallest absolute Gasteiger partial charge is 0.855 e. The summed E-state index contributed by atoms with van der Waals surface area (Å²) in [5.41, 5.74) is 0.867. The molecule has 4 N–H and O–H groups in total. The van der Waals surface area contributed by atoms with Crippen LogP contribution in [0.15, 0.2) is 20.3 Å². The number of Topliss-reactive ketones (excluding diaryl/α,β-unsaturated/α-hetero) is 1. The van der Waals surface area contributed by atoms with Crippen LogP contribution >= 0.6 is 22.7 Å². The molecule has 0 aliphatic carbocycles. The van der Waals surface area contributed by atoms with E-state index in [1.165, 1.54) is 22.7 Å². The second kappa shape index (κ2) is 20.3. The number of aliphatic carboxylic acids is 1. The van der Waals surface area contributed by atoms with E-state index in [0.717, 1.165) is 15.7 Å². The second-order valence-corrected chi connectivity index (χ2v) is 10.1. The number of rotatable bonds is 11. The topological polar surface area (TPSA) is 208 Å². The van der Waals surface area contributed by atoms with E-state index in [2.05, 4.69) is 10.3 Å². The number of nitrogens with one attached hydrogen (secondary N) is 2. The zero-order valence-electron chi connectivity index (χ0n) is 24.2. The Morgan fingerprint density at radius 1 is 1.05 bits per heavy atom. The maximum Gasteiger partial charge on any atom is 1.00 e. The summed E-state index contributed by atoms with van der Waals surface area (Å²) in [6, 6.07) is 0. The zero-order valence-corrected chi connectivity index (χ0v) is 27.9. The van der Waals surface area contributed by atoms with E-state index < -0.39 is 29.6 Å². The summed E-state index contributed by atoms with van der Waals surface area (Å²) in [6.07, 6.45) is 0.492. The Morgan fingerprint density at radius 2 is 1.67 bits per heavy atom. The number of H-pyrrole nitrogens is 1. The third kappa shape index (κ3) is 12.3. The third-order valence-electron chi connectivity index (χ3n) is 5.19. The van der Waals surface area contributed by atoms with Gasteiger partial charge >= 0.3 is 47.2 Å². The molecule has 0 unspecified atom stereocenters. The monoisotopic (exact) mass is 635 g/mol. The van der Waals surface area contributed by atoms with Crippen molar-refractivity contribution in [2.24, 2.45) is 0 Å². The van der Waals surface area contributed by atoms with Gasteiger partial charge in [-0.25, -0.2) is 4.79 Å². The molecule has 3 rings (SSSR count). The number of carboxylic acid groups (broad SMARTS) is 1. The normalized spacial score (nSPS) is 9.95. The second-order valence-electron chi connectivity index (χ2n) is 8.35. The van der Waals surface area contributed by atoms with Crippen LogP contribution in [0.3, 0.4) is 0 Å². The summed E-state index contributed by atoms with van der Waals surface area (Å²) in [5.74, 6) is -2.06. The molecule has 226 valence electrons. The van der Waals surface area contributed by atoms with E-state index in [1.54, 1.807) is 38.5 Å². The van der Waals surface area contributed by atoms with Crippen LogP contribution in [0.5, 0.6) is 0 Å². The van der Waals surface area contributed by atoms with Crippen LogP contribution in [-0.2, 0) is 25.7 Å². The van der Waals surface area contributed by atoms with E-state index in [-0.39, 0.29) is 73.8 Å². The number of aromatic amines is 1. The van der Waals surface area contributed by atoms with Crippen LogP contribution in [0.4, 0.5) is 5.00 Å². The number of nitrogens with zero attached hydrogens (tertiary/aromatic N) is 1. The third-order valence-corrected chi connectivity index (χ3v) is 7.22. The molecule has 0 saturated carbocycles. The summed E-state index contributed by atoms with van der Waals surface area (Å²) in [6.45, 7) is 6.43. The van der Waals surface area contributed by atoms with Crippen molar-refractivity contribution in [2.75, 3.05) is 25.1 Å². The SMILES string of the molecule is CCOC(=O)CCCC(=O)Nc1scc(C)c1C(=O)CO.CC[O-].Cc1csc2[nH]c(=O)n(CCC(=O)O)c(=O)c12.[Na+]. The van der Waals surface area contributed by atoms with Gasteiger partial charge in [0, 0.05) is 19.4 Å². The molecule has 13 nitrogen and oxygen atoms in total. The molecule has 0 saturated heterocycles. The minimum atomic E-state index is -1.04. The van der Waals surface area contributed by atoms with E-state index >= 15 is 0 Å². The Bertz CT molecular complexity index is 1460. The summed E-state index contributed by atoms with van der Waals surface area (Å²) in [5, 5.41) is 33.5. The van der Waals surface area contributed by atoms with E-state index in [0.29, 0.717) is 33.8 Å². The molecule has 1 amide bonds. The molecule has 0 radical (unpaired) electrons. The number of ether oxygens (including phenoxy) is 1. The van der Waals surface area contributed by atoms with Crippen molar-refractivity contribution in [1.29, 1.82) is 0 Å². The van der Waals surface area contributed by atoms with Crippen molar-refractivity contribution in [3.8, 4) is 0 Å². The molecular weight excluding hydrogens is 601 g/mol. The number of aromatic nitrogens is 2. The number of ketones is 1. The molecule has 0 fully saturated rings. The molecule has 0 bridgehead atoms. The molecular formula is C26H34N3NaO10S2. The predicted octanol–water partition coefficient (Wildman–Crippen LogP) is -1.19. The average molecular weight is 636 g/mol. The summed E-state index contributed by atoms with van der Waals surface area (Å²) in [4.78, 5) is 71.7. The van der Waals surface area contributed by atoms with Gasteiger partial charge in [0.2, 0.25) is 5.91 Å². The van der Waals surface area contributed by atoms with Gasteiger partial charge in [-0.2, -0.15) is 0 Å². The van der Waals surface area contributed by atoms with Gasteiger partial charge in [-0.1, -0.05) is 6.92 Å². The Labute approximate surface area is 271 Å². The van der Waals surface area contributed by atoms with Gasteiger partial charge in [0.15, 0.2) is 5.78 Å². The first-order valence-electron chi connectivity index (χ1n) is 12.6. The number of aryl methyl sites for hydroxylation is 2. The molecule has 0 aliphatic rings. The molecule has 42 heavy (non-hydrogen) atoms. The first kappa shape index (κ1) is 39.3. The maximum absolute atomic E-state index is 12.0. The van der Waals surface area contributed by atoms with E-state index in [4.69, 9.17) is 20.1 Å². The van der Waals surface area contributed by atoms with E-state index in [9.17, 15) is 28.8 Å². The van der Waals surface area contributed by atoms with Crippen LogP contribution in [0.1, 0.15) is 61.0 Å². The molecule has 3 aromatic rings. The van der Waals surface area contributed by atoms with Crippen molar-refractivity contribution in [2.45, 2.75) is 59.9 Å².